The highest BCUT2D eigenvalue weighted by Gasteiger charge is 2.01. The van der Waals surface area contributed by atoms with Crippen LogP contribution in [0.5, 0.6) is 0 Å². The Kier molecular flexibility index (Phi) is 2.99. The van der Waals surface area contributed by atoms with Crippen LogP contribution < -0.4 is 5.32 Å². The van der Waals surface area contributed by atoms with E-state index in [1.54, 1.807) is 17.1 Å². The predicted molar refractivity (Wildman–Crippen MR) is 59.1 cm³/mol. The molecule has 0 spiro atoms. The van der Waals surface area contributed by atoms with Gasteiger partial charge >= 0.3 is 0 Å². The van der Waals surface area contributed by atoms with Gasteiger partial charge in [0.05, 0.1) is 23.1 Å². The van der Waals surface area contributed by atoms with E-state index in [1.165, 1.54) is 0 Å². The highest BCUT2D eigenvalue weighted by atomic mass is 35.5. The minimum Gasteiger partial charge on any atom is -0.314 e. The van der Waals surface area contributed by atoms with Gasteiger partial charge in [-0.1, -0.05) is 17.7 Å². The molecular weight excluding hydrogens is 212 g/mol. The molecule has 2 heterocycles. The van der Waals surface area contributed by atoms with Crippen LogP contribution in [0.4, 0.5) is 0 Å². The Morgan fingerprint density at radius 1 is 1.47 bits per heavy atom. The lowest BCUT2D eigenvalue weighted by Gasteiger charge is -2.03. The first-order valence-electron chi connectivity index (χ1n) is 4.60. The van der Waals surface area contributed by atoms with Gasteiger partial charge in [0.2, 0.25) is 0 Å². The van der Waals surface area contributed by atoms with E-state index in [4.69, 9.17) is 11.6 Å². The van der Waals surface area contributed by atoms with Crippen LogP contribution >= 0.6 is 11.6 Å². The summed E-state index contributed by atoms with van der Waals surface area (Å²) in [6.45, 7) is 0.739. The van der Waals surface area contributed by atoms with Gasteiger partial charge in [-0.25, -0.2) is 9.67 Å². The van der Waals surface area contributed by atoms with Crippen molar-refractivity contribution in [2.24, 2.45) is 0 Å². The first-order valence-corrected chi connectivity index (χ1v) is 4.98. The third kappa shape index (κ3) is 2.34. The summed E-state index contributed by atoms with van der Waals surface area (Å²) in [4.78, 5) is 4.43. The molecule has 0 aliphatic carbocycles. The Bertz CT molecular complexity index is 452. The van der Waals surface area contributed by atoms with Gasteiger partial charge in [-0.3, -0.25) is 0 Å². The minimum absolute atomic E-state index is 0.607. The zero-order valence-corrected chi connectivity index (χ0v) is 9.07. The number of rotatable bonds is 3. The van der Waals surface area contributed by atoms with Gasteiger partial charge in [0, 0.05) is 6.54 Å². The molecule has 2 rings (SSSR count). The molecule has 0 aromatic carbocycles. The molecule has 0 atom stereocenters. The SMILES string of the molecule is CNCc1cccc(-n2cc(Cl)cn2)n1. The number of hydrogen-bond acceptors (Lipinski definition) is 3. The highest BCUT2D eigenvalue weighted by molar-refractivity contribution is 6.30. The van der Waals surface area contributed by atoms with Gasteiger partial charge in [0.15, 0.2) is 5.82 Å². The Labute approximate surface area is 92.9 Å². The second-order valence-corrected chi connectivity index (χ2v) is 3.56. The van der Waals surface area contributed by atoms with Crippen LogP contribution in [0.15, 0.2) is 30.6 Å². The van der Waals surface area contributed by atoms with E-state index in [2.05, 4.69) is 15.4 Å². The molecule has 2 aromatic rings. The summed E-state index contributed by atoms with van der Waals surface area (Å²) in [5.41, 5.74) is 0.974. The van der Waals surface area contributed by atoms with E-state index in [0.717, 1.165) is 18.1 Å². The van der Waals surface area contributed by atoms with Crippen molar-refractivity contribution in [3.05, 3.63) is 41.3 Å². The van der Waals surface area contributed by atoms with Crippen LogP contribution in [-0.2, 0) is 6.54 Å². The fourth-order valence-electron chi connectivity index (χ4n) is 1.30. The third-order valence-electron chi connectivity index (χ3n) is 1.94. The van der Waals surface area contributed by atoms with Crippen LogP contribution in [0.25, 0.3) is 5.82 Å². The monoisotopic (exact) mass is 222 g/mol. The number of halogens is 1. The van der Waals surface area contributed by atoms with Crippen molar-refractivity contribution in [3.63, 3.8) is 0 Å². The average molecular weight is 223 g/mol. The van der Waals surface area contributed by atoms with Crippen LogP contribution in [0.2, 0.25) is 5.02 Å². The third-order valence-corrected chi connectivity index (χ3v) is 2.13. The van der Waals surface area contributed by atoms with E-state index in [-0.39, 0.29) is 0 Å². The normalized spacial score (nSPS) is 10.5. The summed E-state index contributed by atoms with van der Waals surface area (Å²) in [5, 5.41) is 7.75. The molecule has 15 heavy (non-hydrogen) atoms. The lowest BCUT2D eigenvalue weighted by atomic mass is 10.3. The van der Waals surface area contributed by atoms with Crippen molar-refractivity contribution in [2.45, 2.75) is 6.54 Å². The summed E-state index contributed by atoms with van der Waals surface area (Å²) in [6, 6.07) is 5.80. The molecule has 5 heteroatoms. The molecule has 2 aromatic heterocycles. The van der Waals surface area contributed by atoms with Crippen LogP contribution in [0.3, 0.4) is 0 Å². The standard InChI is InChI=1S/C10H11ClN4/c1-12-6-9-3-2-4-10(14-9)15-7-8(11)5-13-15/h2-5,7,12H,6H2,1H3. The number of pyridine rings is 1. The number of aromatic nitrogens is 3. The molecule has 0 saturated carbocycles. The molecule has 0 radical (unpaired) electrons. The highest BCUT2D eigenvalue weighted by Crippen LogP contribution is 2.10. The summed E-state index contributed by atoms with van der Waals surface area (Å²) < 4.78 is 1.65. The quantitative estimate of drug-likeness (QED) is 0.859. The number of nitrogens with zero attached hydrogens (tertiary/aromatic N) is 3. The van der Waals surface area contributed by atoms with Crippen molar-refractivity contribution in [2.75, 3.05) is 7.05 Å². The summed E-state index contributed by atoms with van der Waals surface area (Å²) in [6.07, 6.45) is 3.32. The van der Waals surface area contributed by atoms with E-state index in [9.17, 15) is 0 Å². The average Bonchev–Trinajstić information content (AvgIpc) is 2.66. The van der Waals surface area contributed by atoms with Crippen LogP contribution in [-0.4, -0.2) is 21.8 Å². The van der Waals surface area contributed by atoms with Crippen LogP contribution in [0, 0.1) is 0 Å². The van der Waals surface area contributed by atoms with Crippen LogP contribution in [0.1, 0.15) is 5.69 Å². The second kappa shape index (κ2) is 4.42. The Hall–Kier alpha value is -1.39. The number of nitrogens with one attached hydrogen (secondary N) is 1. The van der Waals surface area contributed by atoms with Gasteiger partial charge < -0.3 is 5.32 Å². The molecule has 1 N–H and O–H groups in total. The molecule has 78 valence electrons. The topological polar surface area (TPSA) is 42.7 Å². The van der Waals surface area contributed by atoms with Gasteiger partial charge in [-0.15, -0.1) is 0 Å². The molecule has 0 unspecified atom stereocenters. The lowest BCUT2D eigenvalue weighted by molar-refractivity contribution is 0.770. The van der Waals surface area contributed by atoms with Crippen molar-refractivity contribution in [1.29, 1.82) is 0 Å². The maximum atomic E-state index is 5.79. The van der Waals surface area contributed by atoms with Gasteiger partial charge in [-0.2, -0.15) is 5.10 Å². The van der Waals surface area contributed by atoms with Gasteiger partial charge in [0.25, 0.3) is 0 Å². The Balaban J connectivity index is 2.32. The van der Waals surface area contributed by atoms with E-state index >= 15 is 0 Å². The van der Waals surface area contributed by atoms with Gasteiger partial charge in [0.1, 0.15) is 0 Å². The van der Waals surface area contributed by atoms with Crippen molar-refractivity contribution in [1.82, 2.24) is 20.1 Å². The zero-order chi connectivity index (χ0) is 10.7. The zero-order valence-electron chi connectivity index (χ0n) is 8.31. The predicted octanol–water partition coefficient (Wildman–Crippen LogP) is 1.64. The maximum Gasteiger partial charge on any atom is 0.153 e. The van der Waals surface area contributed by atoms with E-state index in [1.807, 2.05) is 25.2 Å². The molecular formula is C10H11ClN4. The van der Waals surface area contributed by atoms with E-state index in [0.29, 0.717) is 5.02 Å². The van der Waals surface area contributed by atoms with E-state index < -0.39 is 0 Å². The van der Waals surface area contributed by atoms with Crippen molar-refractivity contribution >= 4 is 11.6 Å². The summed E-state index contributed by atoms with van der Waals surface area (Å²) >= 11 is 5.79. The lowest BCUT2D eigenvalue weighted by Crippen LogP contribution is -2.08. The second-order valence-electron chi connectivity index (χ2n) is 3.12. The fourth-order valence-corrected chi connectivity index (χ4v) is 1.44. The maximum absolute atomic E-state index is 5.79. The molecule has 0 saturated heterocycles. The minimum atomic E-state index is 0.607. The molecule has 0 aliphatic rings. The Morgan fingerprint density at radius 3 is 3.00 bits per heavy atom. The van der Waals surface area contributed by atoms with Crippen molar-refractivity contribution < 1.29 is 0 Å². The molecule has 0 amide bonds. The summed E-state index contributed by atoms with van der Waals surface area (Å²) in [5.74, 6) is 0.773. The molecule has 0 aliphatic heterocycles. The molecule has 0 bridgehead atoms. The molecule has 0 fully saturated rings. The Morgan fingerprint density at radius 2 is 2.33 bits per heavy atom. The molecule has 4 nitrogen and oxygen atoms in total. The first-order chi connectivity index (χ1) is 7.29. The smallest absolute Gasteiger partial charge is 0.153 e. The van der Waals surface area contributed by atoms with Gasteiger partial charge in [-0.05, 0) is 19.2 Å². The largest absolute Gasteiger partial charge is 0.314 e. The first kappa shape index (κ1) is 10.1. The summed E-state index contributed by atoms with van der Waals surface area (Å²) in [7, 11) is 1.89. The fraction of sp³-hybridized carbons (Fsp3) is 0.200. The van der Waals surface area contributed by atoms with Crippen molar-refractivity contribution in [3.8, 4) is 5.82 Å². The number of hydrogen-bond donors (Lipinski definition) is 1.